The van der Waals surface area contributed by atoms with E-state index in [0.29, 0.717) is 10.8 Å². The molecule has 0 aliphatic carbocycles. The molecule has 5 heteroatoms. The molecule has 0 fully saturated rings. The SMILES string of the molecule is COc1ccc(Cl)cc1C(O)c1cc(F)ccc1F. The molecule has 0 radical (unpaired) electrons. The van der Waals surface area contributed by atoms with Crippen LogP contribution in [0.25, 0.3) is 0 Å². The van der Waals surface area contributed by atoms with Gasteiger partial charge >= 0.3 is 0 Å². The summed E-state index contributed by atoms with van der Waals surface area (Å²) < 4.78 is 31.9. The van der Waals surface area contributed by atoms with Crippen molar-refractivity contribution in [1.82, 2.24) is 0 Å². The van der Waals surface area contributed by atoms with Crippen molar-refractivity contribution in [1.29, 1.82) is 0 Å². The van der Waals surface area contributed by atoms with Crippen molar-refractivity contribution in [3.8, 4) is 5.75 Å². The molecule has 0 spiro atoms. The van der Waals surface area contributed by atoms with Crippen LogP contribution in [0.2, 0.25) is 5.02 Å². The number of aliphatic hydroxyl groups is 1. The predicted molar refractivity (Wildman–Crippen MR) is 68.4 cm³/mol. The van der Waals surface area contributed by atoms with E-state index in [1.807, 2.05) is 0 Å². The lowest BCUT2D eigenvalue weighted by molar-refractivity contribution is 0.209. The van der Waals surface area contributed by atoms with Crippen LogP contribution in [0.15, 0.2) is 36.4 Å². The minimum atomic E-state index is -1.36. The zero-order chi connectivity index (χ0) is 14.0. The summed E-state index contributed by atoms with van der Waals surface area (Å²) >= 11 is 5.84. The van der Waals surface area contributed by atoms with E-state index >= 15 is 0 Å². The van der Waals surface area contributed by atoms with Crippen molar-refractivity contribution >= 4 is 11.6 Å². The van der Waals surface area contributed by atoms with Crippen LogP contribution in [-0.2, 0) is 0 Å². The Morgan fingerprint density at radius 2 is 1.84 bits per heavy atom. The topological polar surface area (TPSA) is 29.5 Å². The summed E-state index contributed by atoms with van der Waals surface area (Å²) in [5, 5.41) is 10.6. The second-order valence-electron chi connectivity index (χ2n) is 3.95. The highest BCUT2D eigenvalue weighted by atomic mass is 35.5. The third kappa shape index (κ3) is 2.85. The molecule has 100 valence electrons. The van der Waals surface area contributed by atoms with Gasteiger partial charge in [-0.25, -0.2) is 8.78 Å². The van der Waals surface area contributed by atoms with Gasteiger partial charge in [-0.15, -0.1) is 0 Å². The van der Waals surface area contributed by atoms with E-state index in [9.17, 15) is 13.9 Å². The maximum absolute atomic E-state index is 13.6. The molecule has 19 heavy (non-hydrogen) atoms. The summed E-state index contributed by atoms with van der Waals surface area (Å²) in [7, 11) is 1.42. The molecule has 2 aromatic carbocycles. The Morgan fingerprint density at radius 1 is 1.11 bits per heavy atom. The minimum Gasteiger partial charge on any atom is -0.496 e. The summed E-state index contributed by atoms with van der Waals surface area (Å²) in [5.74, 6) is -0.979. The number of aliphatic hydroxyl groups excluding tert-OH is 1. The first-order chi connectivity index (χ1) is 9.02. The Labute approximate surface area is 114 Å². The number of halogens is 3. The van der Waals surface area contributed by atoms with Gasteiger partial charge in [0.2, 0.25) is 0 Å². The minimum absolute atomic E-state index is 0.166. The van der Waals surface area contributed by atoms with Crippen LogP contribution in [0.3, 0.4) is 0 Å². The molecule has 0 saturated carbocycles. The van der Waals surface area contributed by atoms with Crippen molar-refractivity contribution in [3.05, 3.63) is 64.2 Å². The smallest absolute Gasteiger partial charge is 0.129 e. The fourth-order valence-electron chi connectivity index (χ4n) is 1.81. The van der Waals surface area contributed by atoms with Gasteiger partial charge in [-0.2, -0.15) is 0 Å². The third-order valence-corrected chi connectivity index (χ3v) is 2.97. The molecule has 2 rings (SSSR count). The summed E-state index contributed by atoms with van der Waals surface area (Å²) in [6.07, 6.45) is -1.36. The predicted octanol–water partition coefficient (Wildman–Crippen LogP) is 3.71. The standard InChI is InChI=1S/C14H11ClF2O2/c1-19-13-5-2-8(15)6-11(13)14(18)10-7-9(16)3-4-12(10)17/h2-7,14,18H,1H3. The largest absolute Gasteiger partial charge is 0.496 e. The van der Waals surface area contributed by atoms with Gasteiger partial charge in [0, 0.05) is 16.1 Å². The molecule has 2 nitrogen and oxygen atoms in total. The monoisotopic (exact) mass is 284 g/mol. The van der Waals surface area contributed by atoms with Crippen molar-refractivity contribution in [2.75, 3.05) is 7.11 Å². The molecule has 0 amide bonds. The highest BCUT2D eigenvalue weighted by molar-refractivity contribution is 6.30. The lowest BCUT2D eigenvalue weighted by Gasteiger charge is -2.16. The molecule has 0 aliphatic heterocycles. The molecule has 0 heterocycles. The third-order valence-electron chi connectivity index (χ3n) is 2.74. The molecule has 0 bridgehead atoms. The molecule has 1 atom stereocenters. The van der Waals surface area contributed by atoms with Gasteiger partial charge in [-0.3, -0.25) is 0 Å². The van der Waals surface area contributed by atoms with Crippen molar-refractivity contribution in [2.45, 2.75) is 6.10 Å². The van der Waals surface area contributed by atoms with E-state index in [-0.39, 0.29) is 11.1 Å². The van der Waals surface area contributed by atoms with E-state index in [4.69, 9.17) is 16.3 Å². The van der Waals surface area contributed by atoms with Crippen molar-refractivity contribution in [3.63, 3.8) is 0 Å². The van der Waals surface area contributed by atoms with Crippen LogP contribution < -0.4 is 4.74 Å². The molecule has 2 aromatic rings. The molecule has 0 aliphatic rings. The van der Waals surface area contributed by atoms with E-state index in [1.165, 1.54) is 13.2 Å². The number of hydrogen-bond acceptors (Lipinski definition) is 2. The summed E-state index contributed by atoms with van der Waals surface area (Å²) in [6.45, 7) is 0. The maximum atomic E-state index is 13.6. The molecular weight excluding hydrogens is 274 g/mol. The quantitative estimate of drug-likeness (QED) is 0.931. The van der Waals surface area contributed by atoms with E-state index < -0.39 is 17.7 Å². The molecule has 0 aromatic heterocycles. The van der Waals surface area contributed by atoms with Crippen molar-refractivity contribution in [2.24, 2.45) is 0 Å². The van der Waals surface area contributed by atoms with Crippen LogP contribution in [0, 0.1) is 11.6 Å². The number of hydrogen-bond donors (Lipinski definition) is 1. The van der Waals surface area contributed by atoms with Gasteiger partial charge in [-0.1, -0.05) is 11.6 Å². The fraction of sp³-hybridized carbons (Fsp3) is 0.143. The lowest BCUT2D eigenvalue weighted by Crippen LogP contribution is -2.05. The number of rotatable bonds is 3. The second-order valence-corrected chi connectivity index (χ2v) is 4.39. The van der Waals surface area contributed by atoms with Crippen molar-refractivity contribution < 1.29 is 18.6 Å². The van der Waals surface area contributed by atoms with Gasteiger partial charge < -0.3 is 9.84 Å². The highest BCUT2D eigenvalue weighted by Crippen LogP contribution is 2.33. The Kier molecular flexibility index (Phi) is 4.02. The van der Waals surface area contributed by atoms with Crippen LogP contribution in [0.1, 0.15) is 17.2 Å². The first-order valence-electron chi connectivity index (χ1n) is 5.49. The maximum Gasteiger partial charge on any atom is 0.129 e. The van der Waals surface area contributed by atoms with Gasteiger partial charge in [0.05, 0.1) is 7.11 Å². The summed E-state index contributed by atoms with van der Waals surface area (Å²) in [6, 6.07) is 7.48. The number of methoxy groups -OCH3 is 1. The fourth-order valence-corrected chi connectivity index (χ4v) is 1.99. The van der Waals surface area contributed by atoms with Crippen LogP contribution in [0.5, 0.6) is 5.75 Å². The molecule has 1 unspecified atom stereocenters. The Hall–Kier alpha value is -1.65. The van der Waals surface area contributed by atoms with Gasteiger partial charge in [0.25, 0.3) is 0 Å². The zero-order valence-corrected chi connectivity index (χ0v) is 10.8. The Bertz CT molecular complexity index is 602. The van der Waals surface area contributed by atoms with E-state index in [2.05, 4.69) is 0 Å². The summed E-state index contributed by atoms with van der Waals surface area (Å²) in [5.41, 5.74) is 0.111. The second kappa shape index (κ2) is 5.55. The van der Waals surface area contributed by atoms with Crippen LogP contribution >= 0.6 is 11.6 Å². The average Bonchev–Trinajstić information content (AvgIpc) is 2.40. The number of benzene rings is 2. The van der Waals surface area contributed by atoms with E-state index in [0.717, 1.165) is 18.2 Å². The lowest BCUT2D eigenvalue weighted by atomic mass is 10.00. The first-order valence-corrected chi connectivity index (χ1v) is 5.87. The van der Waals surface area contributed by atoms with Crippen LogP contribution in [0.4, 0.5) is 8.78 Å². The molecule has 0 saturated heterocycles. The van der Waals surface area contributed by atoms with Gasteiger partial charge in [0.1, 0.15) is 23.5 Å². The van der Waals surface area contributed by atoms with Gasteiger partial charge in [0.15, 0.2) is 0 Å². The summed E-state index contributed by atoms with van der Waals surface area (Å²) in [4.78, 5) is 0. The van der Waals surface area contributed by atoms with Crippen LogP contribution in [-0.4, -0.2) is 12.2 Å². The molecule has 1 N–H and O–H groups in total. The highest BCUT2D eigenvalue weighted by Gasteiger charge is 2.20. The Morgan fingerprint density at radius 3 is 2.53 bits per heavy atom. The average molecular weight is 285 g/mol. The van der Waals surface area contributed by atoms with Gasteiger partial charge in [-0.05, 0) is 36.4 Å². The first kappa shape index (κ1) is 13.8. The Balaban J connectivity index is 2.51. The normalized spacial score (nSPS) is 12.3. The molecular formula is C14H11ClF2O2. The number of ether oxygens (including phenoxy) is 1. The zero-order valence-electron chi connectivity index (χ0n) is 10.0. The van der Waals surface area contributed by atoms with E-state index in [1.54, 1.807) is 12.1 Å².